The van der Waals surface area contributed by atoms with Gasteiger partial charge >= 0.3 is 12.1 Å². The predicted molar refractivity (Wildman–Crippen MR) is 155 cm³/mol. The van der Waals surface area contributed by atoms with E-state index in [0.29, 0.717) is 25.8 Å². The summed E-state index contributed by atoms with van der Waals surface area (Å²) in [6.07, 6.45) is 17.4. The van der Waals surface area contributed by atoms with E-state index in [1.54, 1.807) is 4.90 Å². The Balaban J connectivity index is 1.70. The van der Waals surface area contributed by atoms with Crippen LogP contribution >= 0.6 is 0 Å². The summed E-state index contributed by atoms with van der Waals surface area (Å²) in [6.45, 7) is 4.37. The van der Waals surface area contributed by atoms with E-state index in [4.69, 9.17) is 4.74 Å². The van der Waals surface area contributed by atoms with E-state index >= 15 is 0 Å². The maximum atomic E-state index is 13.1. The minimum atomic E-state index is -1.02. The van der Waals surface area contributed by atoms with Gasteiger partial charge in [0.15, 0.2) is 0 Å². The summed E-state index contributed by atoms with van der Waals surface area (Å²) in [4.78, 5) is 40.6. The Labute approximate surface area is 236 Å². The molecule has 0 aromatic heterocycles. The molecule has 0 spiro atoms. The van der Waals surface area contributed by atoms with Gasteiger partial charge in [0.05, 0.1) is 6.04 Å². The number of hydrogen-bond acceptors (Lipinski definition) is 4. The highest BCUT2D eigenvalue weighted by atomic mass is 16.6. The molecule has 1 aromatic rings. The molecule has 1 saturated heterocycles. The van der Waals surface area contributed by atoms with Crippen molar-refractivity contribution >= 4 is 18.0 Å². The number of carboxylic acids is 1. The summed E-state index contributed by atoms with van der Waals surface area (Å²) in [5.41, 5.74) is 0.910. The highest BCUT2D eigenvalue weighted by Crippen LogP contribution is 2.23. The average Bonchev–Trinajstić information content (AvgIpc) is 2.93. The zero-order chi connectivity index (χ0) is 28.3. The van der Waals surface area contributed by atoms with Gasteiger partial charge in [0.2, 0.25) is 5.91 Å². The molecule has 0 bridgehead atoms. The van der Waals surface area contributed by atoms with Gasteiger partial charge < -0.3 is 19.6 Å². The summed E-state index contributed by atoms with van der Waals surface area (Å²) in [5.74, 6) is -1.15. The number of carboxylic acid groups (broad SMARTS) is 1. The molecule has 0 radical (unpaired) electrons. The molecule has 1 heterocycles. The maximum absolute atomic E-state index is 13.1. The van der Waals surface area contributed by atoms with Crippen LogP contribution in [-0.4, -0.2) is 58.0 Å². The first kappa shape index (κ1) is 32.6. The molecule has 1 aromatic carbocycles. The molecule has 0 saturated carbocycles. The molecule has 1 aliphatic heterocycles. The number of benzene rings is 1. The van der Waals surface area contributed by atoms with Crippen molar-refractivity contribution in [3.05, 3.63) is 35.9 Å². The molecule has 7 heteroatoms. The van der Waals surface area contributed by atoms with Crippen molar-refractivity contribution in [3.63, 3.8) is 0 Å². The second-order valence-corrected chi connectivity index (χ2v) is 11.2. The largest absolute Gasteiger partial charge is 0.480 e. The third-order valence-electron chi connectivity index (χ3n) is 7.86. The Bertz CT molecular complexity index is 831. The van der Waals surface area contributed by atoms with Gasteiger partial charge in [-0.2, -0.15) is 0 Å². The van der Waals surface area contributed by atoms with Gasteiger partial charge in [0.25, 0.3) is 0 Å². The van der Waals surface area contributed by atoms with Crippen LogP contribution in [0.4, 0.5) is 4.79 Å². The zero-order valence-corrected chi connectivity index (χ0v) is 24.5. The van der Waals surface area contributed by atoms with Crippen molar-refractivity contribution in [1.82, 2.24) is 9.80 Å². The first-order chi connectivity index (χ1) is 18.9. The minimum Gasteiger partial charge on any atom is -0.480 e. The zero-order valence-electron chi connectivity index (χ0n) is 24.5. The number of hydrogen-bond donors (Lipinski definition) is 1. The number of carbonyl (C=O) groups excluding carboxylic acids is 2. The van der Waals surface area contributed by atoms with E-state index in [-0.39, 0.29) is 31.1 Å². The second-order valence-electron chi connectivity index (χ2n) is 11.2. The van der Waals surface area contributed by atoms with E-state index in [9.17, 15) is 19.5 Å². The van der Waals surface area contributed by atoms with E-state index in [2.05, 4.69) is 6.92 Å². The topological polar surface area (TPSA) is 87.2 Å². The Morgan fingerprint density at radius 1 is 0.872 bits per heavy atom. The molecule has 1 aliphatic rings. The summed E-state index contributed by atoms with van der Waals surface area (Å²) in [5, 5.41) is 9.49. The third-order valence-corrected chi connectivity index (χ3v) is 7.86. The van der Waals surface area contributed by atoms with Gasteiger partial charge in [-0.25, -0.2) is 4.79 Å². The molecule has 2 atom stereocenters. The molecule has 39 heavy (non-hydrogen) atoms. The van der Waals surface area contributed by atoms with Crippen molar-refractivity contribution in [3.8, 4) is 0 Å². The number of ether oxygens (including phenoxy) is 1. The van der Waals surface area contributed by atoms with Crippen LogP contribution in [0.15, 0.2) is 30.3 Å². The number of rotatable bonds is 19. The standard InChI is InChI=1S/C32H52N2O5/c1-3-4-5-6-7-8-9-10-11-12-13-14-18-21-30(35)34(25-31(36)37)29-23-22-27(2)33(24-29)32(38)39-26-28-19-16-15-17-20-28/h15-17,19-20,27,29H,3-14,18,21-26H2,1-2H3,(H,36,37)/t27-,29+/m1/s1. The fourth-order valence-electron chi connectivity index (χ4n) is 5.40. The molecule has 220 valence electrons. The lowest BCUT2D eigenvalue weighted by Crippen LogP contribution is -2.55. The number of likely N-dealkylation sites (tertiary alicyclic amines) is 1. The van der Waals surface area contributed by atoms with Crippen molar-refractivity contribution < 1.29 is 24.2 Å². The van der Waals surface area contributed by atoms with Crippen LogP contribution < -0.4 is 0 Å². The molecule has 7 nitrogen and oxygen atoms in total. The molecule has 0 unspecified atom stereocenters. The molecule has 2 amide bonds. The Hall–Kier alpha value is -2.57. The van der Waals surface area contributed by atoms with Crippen LogP contribution in [0.1, 0.15) is 122 Å². The minimum absolute atomic E-state index is 0.0210. The molecule has 1 N–H and O–H groups in total. The number of carbonyl (C=O) groups is 3. The summed E-state index contributed by atoms with van der Waals surface area (Å²) in [6, 6.07) is 9.18. The molecule has 2 rings (SSSR count). The lowest BCUT2D eigenvalue weighted by Gasteiger charge is -2.41. The summed E-state index contributed by atoms with van der Waals surface area (Å²) >= 11 is 0. The Kier molecular flexibility index (Phi) is 16.3. The second kappa shape index (κ2) is 19.5. The van der Waals surface area contributed by atoms with Gasteiger partial charge in [-0.05, 0) is 31.7 Å². The Morgan fingerprint density at radius 2 is 1.44 bits per heavy atom. The third kappa shape index (κ3) is 13.4. The van der Waals surface area contributed by atoms with Gasteiger partial charge in [0, 0.05) is 19.0 Å². The van der Waals surface area contributed by atoms with Crippen molar-refractivity contribution in [2.75, 3.05) is 13.1 Å². The first-order valence-electron chi connectivity index (χ1n) is 15.4. The lowest BCUT2D eigenvalue weighted by molar-refractivity contribution is -0.147. The monoisotopic (exact) mass is 544 g/mol. The first-order valence-corrected chi connectivity index (χ1v) is 15.4. The summed E-state index contributed by atoms with van der Waals surface area (Å²) in [7, 11) is 0. The van der Waals surface area contributed by atoms with Crippen LogP contribution in [-0.2, 0) is 20.9 Å². The van der Waals surface area contributed by atoms with E-state index in [0.717, 1.165) is 24.8 Å². The highest BCUT2D eigenvalue weighted by molar-refractivity contribution is 5.81. The van der Waals surface area contributed by atoms with Gasteiger partial charge in [0.1, 0.15) is 13.2 Å². The average molecular weight is 545 g/mol. The Morgan fingerprint density at radius 3 is 2.00 bits per heavy atom. The molecule has 0 aliphatic carbocycles. The van der Waals surface area contributed by atoms with E-state index in [1.807, 2.05) is 37.3 Å². The van der Waals surface area contributed by atoms with Gasteiger partial charge in [-0.15, -0.1) is 0 Å². The van der Waals surface area contributed by atoms with Crippen LogP contribution in [0.2, 0.25) is 0 Å². The van der Waals surface area contributed by atoms with Crippen LogP contribution in [0.25, 0.3) is 0 Å². The normalized spacial score (nSPS) is 17.1. The SMILES string of the molecule is CCCCCCCCCCCCCCCC(=O)N(CC(=O)O)[C@H]1CC[C@@H](C)N(C(=O)OCc2ccccc2)C1. The highest BCUT2D eigenvalue weighted by Gasteiger charge is 2.35. The number of unbranched alkanes of at least 4 members (excludes halogenated alkanes) is 12. The van der Waals surface area contributed by atoms with E-state index in [1.165, 1.54) is 69.1 Å². The lowest BCUT2D eigenvalue weighted by atomic mass is 9.98. The molecular formula is C32H52N2O5. The number of piperidine rings is 1. The summed E-state index contributed by atoms with van der Waals surface area (Å²) < 4.78 is 5.53. The fraction of sp³-hybridized carbons (Fsp3) is 0.719. The number of aliphatic carboxylic acids is 1. The number of amides is 2. The van der Waals surface area contributed by atoms with Crippen molar-refractivity contribution in [2.24, 2.45) is 0 Å². The fourth-order valence-corrected chi connectivity index (χ4v) is 5.40. The predicted octanol–water partition coefficient (Wildman–Crippen LogP) is 7.57. The molecule has 1 fully saturated rings. The number of nitrogens with zero attached hydrogens (tertiary/aromatic N) is 2. The smallest absolute Gasteiger partial charge is 0.410 e. The van der Waals surface area contributed by atoms with Gasteiger partial charge in [-0.3, -0.25) is 9.59 Å². The maximum Gasteiger partial charge on any atom is 0.410 e. The van der Waals surface area contributed by atoms with Crippen molar-refractivity contribution in [2.45, 2.75) is 135 Å². The van der Waals surface area contributed by atoms with Crippen molar-refractivity contribution in [1.29, 1.82) is 0 Å². The van der Waals surface area contributed by atoms with Crippen LogP contribution in [0, 0.1) is 0 Å². The van der Waals surface area contributed by atoms with Gasteiger partial charge in [-0.1, -0.05) is 114 Å². The van der Waals surface area contributed by atoms with E-state index < -0.39 is 12.1 Å². The quantitative estimate of drug-likeness (QED) is 0.182. The molecular weight excluding hydrogens is 492 g/mol. The van der Waals surface area contributed by atoms with Crippen LogP contribution in [0.5, 0.6) is 0 Å². The van der Waals surface area contributed by atoms with Crippen LogP contribution in [0.3, 0.4) is 0 Å².